The highest BCUT2D eigenvalue weighted by Gasteiger charge is 2.30. The summed E-state index contributed by atoms with van der Waals surface area (Å²) < 4.78 is 40.1. The summed E-state index contributed by atoms with van der Waals surface area (Å²) in [5, 5.41) is 0.813. The molecule has 0 aliphatic heterocycles. The Bertz CT molecular complexity index is 907. The lowest BCUT2D eigenvalue weighted by molar-refractivity contribution is -0.137. The predicted molar refractivity (Wildman–Crippen MR) is 91.8 cm³/mol. The number of hydrogen-bond acceptors (Lipinski definition) is 1. The summed E-state index contributed by atoms with van der Waals surface area (Å²) in [6.07, 6.45) is -1.69. The first-order valence-corrected chi connectivity index (χ1v) is 8.14. The predicted octanol–water partition coefficient (Wildman–Crippen LogP) is 5.86. The van der Waals surface area contributed by atoms with Crippen molar-refractivity contribution in [3.63, 3.8) is 0 Å². The number of nitrogens with zero attached hydrogens (tertiary/aromatic N) is 1. The van der Waals surface area contributed by atoms with E-state index in [0.717, 1.165) is 29.5 Å². The van der Waals surface area contributed by atoms with Crippen molar-refractivity contribution >= 4 is 16.7 Å². The first-order valence-electron chi connectivity index (χ1n) is 8.14. The smallest absolute Gasteiger partial charge is 0.344 e. The van der Waals surface area contributed by atoms with Gasteiger partial charge in [-0.05, 0) is 31.5 Å². The molecule has 2 aromatic carbocycles. The van der Waals surface area contributed by atoms with Gasteiger partial charge in [-0.15, -0.1) is 0 Å². The number of aromatic nitrogens is 1. The van der Waals surface area contributed by atoms with Crippen molar-refractivity contribution in [2.24, 2.45) is 0 Å². The molecule has 1 unspecified atom stereocenters. The molecule has 1 aromatic heterocycles. The van der Waals surface area contributed by atoms with E-state index in [1.54, 1.807) is 6.20 Å². The van der Waals surface area contributed by atoms with Crippen LogP contribution in [0.25, 0.3) is 10.9 Å². The number of ketones is 1. The maximum Gasteiger partial charge on any atom is 0.416 e. The molecule has 1 heterocycles. The van der Waals surface area contributed by atoms with Crippen LogP contribution in [0.15, 0.2) is 54.7 Å². The Labute approximate surface area is 143 Å². The number of alkyl halides is 3. The zero-order valence-corrected chi connectivity index (χ0v) is 14.0. The topological polar surface area (TPSA) is 22.0 Å². The zero-order valence-electron chi connectivity index (χ0n) is 14.0. The normalized spacial score (nSPS) is 13.2. The molecule has 0 bridgehead atoms. The minimum absolute atomic E-state index is 0.221. The van der Waals surface area contributed by atoms with Gasteiger partial charge in [-0.25, -0.2) is 0 Å². The van der Waals surface area contributed by atoms with Crippen molar-refractivity contribution in [2.45, 2.75) is 32.5 Å². The fraction of sp³-hybridized carbons (Fsp3) is 0.250. The molecule has 0 fully saturated rings. The lowest BCUT2D eigenvalue weighted by Gasteiger charge is -2.12. The van der Waals surface area contributed by atoms with E-state index in [-0.39, 0.29) is 17.4 Å². The van der Waals surface area contributed by atoms with Crippen molar-refractivity contribution in [2.75, 3.05) is 0 Å². The minimum atomic E-state index is -4.41. The number of rotatable bonds is 4. The van der Waals surface area contributed by atoms with Crippen molar-refractivity contribution in [1.82, 2.24) is 4.57 Å². The summed E-state index contributed by atoms with van der Waals surface area (Å²) in [7, 11) is 0. The third kappa shape index (κ3) is 3.18. The van der Waals surface area contributed by atoms with Gasteiger partial charge in [0.25, 0.3) is 0 Å². The van der Waals surface area contributed by atoms with E-state index >= 15 is 0 Å². The van der Waals surface area contributed by atoms with Crippen LogP contribution >= 0.6 is 0 Å². The van der Waals surface area contributed by atoms with Crippen LogP contribution in [0.2, 0.25) is 0 Å². The zero-order chi connectivity index (χ0) is 18.2. The van der Waals surface area contributed by atoms with Crippen molar-refractivity contribution in [1.29, 1.82) is 0 Å². The first-order chi connectivity index (χ1) is 11.8. The van der Waals surface area contributed by atoms with E-state index in [4.69, 9.17) is 0 Å². The maximum absolute atomic E-state index is 12.9. The maximum atomic E-state index is 12.9. The third-order valence-corrected chi connectivity index (χ3v) is 4.53. The quantitative estimate of drug-likeness (QED) is 0.543. The molecule has 3 aromatic rings. The standard InChI is InChI=1S/C20H18F3NO/c1-3-13(2)24-12-17(16-6-4-5-7-18(16)24)19(25)14-8-10-15(11-9-14)20(21,22)23/h4-13H,3H2,1-2H3. The van der Waals surface area contributed by atoms with E-state index in [0.29, 0.717) is 5.56 Å². The van der Waals surface area contributed by atoms with Crippen LogP contribution in [0.3, 0.4) is 0 Å². The van der Waals surface area contributed by atoms with Gasteiger partial charge in [0, 0.05) is 34.3 Å². The van der Waals surface area contributed by atoms with Crippen LogP contribution in [0.1, 0.15) is 47.8 Å². The number of carbonyl (C=O) groups is 1. The summed E-state index contributed by atoms with van der Waals surface area (Å²) in [6, 6.07) is 12.2. The Hall–Kier alpha value is -2.56. The van der Waals surface area contributed by atoms with Gasteiger partial charge in [0.1, 0.15) is 0 Å². The summed E-state index contributed by atoms with van der Waals surface area (Å²) in [5.74, 6) is -0.271. The van der Waals surface area contributed by atoms with Gasteiger partial charge in [-0.3, -0.25) is 4.79 Å². The second-order valence-corrected chi connectivity index (χ2v) is 6.13. The van der Waals surface area contributed by atoms with Crippen molar-refractivity contribution < 1.29 is 18.0 Å². The van der Waals surface area contributed by atoms with E-state index < -0.39 is 11.7 Å². The van der Waals surface area contributed by atoms with E-state index in [1.807, 2.05) is 28.8 Å². The van der Waals surface area contributed by atoms with Gasteiger partial charge in [-0.2, -0.15) is 13.2 Å². The van der Waals surface area contributed by atoms with Crippen molar-refractivity contribution in [3.8, 4) is 0 Å². The monoisotopic (exact) mass is 345 g/mol. The Morgan fingerprint density at radius 3 is 2.32 bits per heavy atom. The molecule has 5 heteroatoms. The summed E-state index contributed by atoms with van der Waals surface area (Å²) in [5.41, 5.74) is 0.953. The molecule has 2 nitrogen and oxygen atoms in total. The van der Waals surface area contributed by atoms with Gasteiger partial charge < -0.3 is 4.57 Å². The molecule has 0 aliphatic carbocycles. The summed E-state index contributed by atoms with van der Waals surface area (Å²) in [4.78, 5) is 12.9. The van der Waals surface area contributed by atoms with Crippen LogP contribution in [-0.2, 0) is 6.18 Å². The second kappa shape index (κ2) is 6.39. The molecule has 0 saturated heterocycles. The second-order valence-electron chi connectivity index (χ2n) is 6.13. The summed E-state index contributed by atoms with van der Waals surface area (Å²) in [6.45, 7) is 4.13. The molecule has 130 valence electrons. The van der Waals surface area contributed by atoms with Gasteiger partial charge >= 0.3 is 6.18 Å². The lowest BCUT2D eigenvalue weighted by atomic mass is 10.0. The number of halogens is 3. The minimum Gasteiger partial charge on any atom is -0.344 e. The summed E-state index contributed by atoms with van der Waals surface area (Å²) >= 11 is 0. The molecule has 0 amide bonds. The fourth-order valence-corrected chi connectivity index (χ4v) is 2.91. The molecule has 0 radical (unpaired) electrons. The average Bonchev–Trinajstić information content (AvgIpc) is 2.99. The Kier molecular flexibility index (Phi) is 4.41. The number of hydrogen-bond donors (Lipinski definition) is 0. The third-order valence-electron chi connectivity index (χ3n) is 4.53. The van der Waals surface area contributed by atoms with Crippen LogP contribution in [0, 0.1) is 0 Å². The van der Waals surface area contributed by atoms with Crippen LogP contribution in [-0.4, -0.2) is 10.4 Å². The molecule has 0 saturated carbocycles. The fourth-order valence-electron chi connectivity index (χ4n) is 2.91. The first kappa shape index (κ1) is 17.3. The molecule has 0 spiro atoms. The largest absolute Gasteiger partial charge is 0.416 e. The SMILES string of the molecule is CCC(C)n1cc(C(=O)c2ccc(C(F)(F)F)cc2)c2ccccc21. The van der Waals surface area contributed by atoms with Gasteiger partial charge in [-0.1, -0.05) is 37.3 Å². The highest BCUT2D eigenvalue weighted by molar-refractivity contribution is 6.16. The Morgan fingerprint density at radius 1 is 1.08 bits per heavy atom. The van der Waals surface area contributed by atoms with Crippen LogP contribution < -0.4 is 0 Å². The molecule has 1 atom stereocenters. The molecule has 0 N–H and O–H groups in total. The van der Waals surface area contributed by atoms with Gasteiger partial charge in [0.2, 0.25) is 0 Å². The molecular formula is C20H18F3NO. The molecule has 3 rings (SSSR count). The lowest BCUT2D eigenvalue weighted by Crippen LogP contribution is -2.06. The highest BCUT2D eigenvalue weighted by Crippen LogP contribution is 2.31. The number of benzene rings is 2. The van der Waals surface area contributed by atoms with Crippen molar-refractivity contribution in [3.05, 3.63) is 71.4 Å². The number of carbonyl (C=O) groups excluding carboxylic acids is 1. The van der Waals surface area contributed by atoms with Gasteiger partial charge in [0.05, 0.1) is 5.56 Å². The van der Waals surface area contributed by atoms with Gasteiger partial charge in [0.15, 0.2) is 5.78 Å². The molecule has 25 heavy (non-hydrogen) atoms. The molecular weight excluding hydrogens is 327 g/mol. The van der Waals surface area contributed by atoms with E-state index in [9.17, 15) is 18.0 Å². The van der Waals surface area contributed by atoms with E-state index in [2.05, 4.69) is 13.8 Å². The number of para-hydroxylation sites is 1. The number of fused-ring (bicyclic) bond motifs is 1. The molecule has 0 aliphatic rings. The van der Waals surface area contributed by atoms with Crippen LogP contribution in [0.4, 0.5) is 13.2 Å². The highest BCUT2D eigenvalue weighted by atomic mass is 19.4. The van der Waals surface area contributed by atoms with Crippen LogP contribution in [0.5, 0.6) is 0 Å². The average molecular weight is 345 g/mol. The van der Waals surface area contributed by atoms with E-state index in [1.165, 1.54) is 12.1 Å². The Balaban J connectivity index is 2.06. The Morgan fingerprint density at radius 2 is 1.72 bits per heavy atom.